The normalized spacial score (nSPS) is 13.7. The second-order valence-electron chi connectivity index (χ2n) is 6.52. The molecule has 0 fully saturated rings. The molecule has 5 nitrogen and oxygen atoms in total. The van der Waals surface area contributed by atoms with E-state index in [2.05, 4.69) is 10.0 Å². The van der Waals surface area contributed by atoms with E-state index in [9.17, 15) is 13.2 Å². The summed E-state index contributed by atoms with van der Waals surface area (Å²) >= 11 is 5.83. The first kappa shape index (κ1) is 21.4. The number of sulfonamides is 1. The van der Waals surface area contributed by atoms with Crippen molar-refractivity contribution in [2.45, 2.75) is 50.1 Å². The minimum absolute atomic E-state index is 0.0270. The predicted molar refractivity (Wildman–Crippen MR) is 108 cm³/mol. The van der Waals surface area contributed by atoms with Crippen LogP contribution >= 0.6 is 11.6 Å². The molecule has 7 heteroatoms. The van der Waals surface area contributed by atoms with Gasteiger partial charge in [-0.15, -0.1) is 0 Å². The van der Waals surface area contributed by atoms with Crippen molar-refractivity contribution >= 4 is 27.5 Å². The molecular formula is C20H25ClN2O3S. The van der Waals surface area contributed by atoms with E-state index in [0.29, 0.717) is 5.02 Å². The Kier molecular flexibility index (Phi) is 7.83. The molecule has 0 heterocycles. The zero-order valence-electron chi connectivity index (χ0n) is 15.5. The van der Waals surface area contributed by atoms with Crippen molar-refractivity contribution in [3.63, 3.8) is 0 Å². The Balaban J connectivity index is 2.22. The first-order valence-electron chi connectivity index (χ1n) is 8.94. The van der Waals surface area contributed by atoms with Gasteiger partial charge in [0.15, 0.2) is 0 Å². The highest BCUT2D eigenvalue weighted by Gasteiger charge is 2.26. The van der Waals surface area contributed by atoms with Gasteiger partial charge in [-0.2, -0.15) is 4.72 Å². The molecule has 0 aromatic heterocycles. The van der Waals surface area contributed by atoms with Crippen molar-refractivity contribution in [2.24, 2.45) is 0 Å². The monoisotopic (exact) mass is 408 g/mol. The molecule has 0 aliphatic heterocycles. The summed E-state index contributed by atoms with van der Waals surface area (Å²) in [5, 5.41) is 3.34. The Hall–Kier alpha value is -1.89. The first-order chi connectivity index (χ1) is 12.8. The van der Waals surface area contributed by atoms with E-state index < -0.39 is 16.1 Å². The topological polar surface area (TPSA) is 75.3 Å². The van der Waals surface area contributed by atoms with Crippen LogP contribution in [0.4, 0.5) is 0 Å². The lowest BCUT2D eigenvalue weighted by Crippen LogP contribution is -2.50. The summed E-state index contributed by atoms with van der Waals surface area (Å²) in [6.45, 7) is 3.95. The fourth-order valence-corrected chi connectivity index (χ4v) is 4.08. The summed E-state index contributed by atoms with van der Waals surface area (Å²) in [4.78, 5) is 12.8. The van der Waals surface area contributed by atoms with Gasteiger partial charge in [0.2, 0.25) is 15.9 Å². The molecule has 0 radical (unpaired) electrons. The molecule has 2 atom stereocenters. The molecule has 2 unspecified atom stereocenters. The van der Waals surface area contributed by atoms with Crippen molar-refractivity contribution in [1.82, 2.24) is 10.0 Å². The maximum Gasteiger partial charge on any atom is 0.241 e. The number of rotatable bonds is 9. The molecule has 2 aromatic rings. The van der Waals surface area contributed by atoms with Gasteiger partial charge >= 0.3 is 0 Å². The maximum absolute atomic E-state index is 12.7. The van der Waals surface area contributed by atoms with Crippen LogP contribution in [-0.4, -0.2) is 26.4 Å². The minimum Gasteiger partial charge on any atom is -0.352 e. The van der Waals surface area contributed by atoms with Crippen molar-refractivity contribution in [1.29, 1.82) is 0 Å². The first-order valence-corrected chi connectivity index (χ1v) is 10.8. The number of hydrogen-bond acceptors (Lipinski definition) is 3. The van der Waals surface area contributed by atoms with Gasteiger partial charge in [-0.05, 0) is 49.6 Å². The zero-order chi connectivity index (χ0) is 19.9. The zero-order valence-corrected chi connectivity index (χ0v) is 17.1. The van der Waals surface area contributed by atoms with Gasteiger partial charge in [-0.1, -0.05) is 55.3 Å². The highest BCUT2D eigenvalue weighted by atomic mass is 35.5. The van der Waals surface area contributed by atoms with Crippen molar-refractivity contribution in [2.75, 3.05) is 0 Å². The highest BCUT2D eigenvalue weighted by molar-refractivity contribution is 7.89. The third-order valence-corrected chi connectivity index (χ3v) is 5.87. The molecule has 0 aliphatic rings. The molecule has 2 N–H and O–H groups in total. The number of carbonyl (C=O) groups excluding carboxylic acids is 1. The number of halogens is 1. The summed E-state index contributed by atoms with van der Waals surface area (Å²) in [6, 6.07) is 14.2. The molecule has 0 aliphatic carbocycles. The Labute approximate surface area is 166 Å². The van der Waals surface area contributed by atoms with Crippen molar-refractivity contribution < 1.29 is 13.2 Å². The molecule has 146 valence electrons. The largest absolute Gasteiger partial charge is 0.352 e. The van der Waals surface area contributed by atoms with Gasteiger partial charge in [0.1, 0.15) is 6.04 Å². The SMILES string of the molecule is CCCC(C)NC(=O)C(Cc1ccccc1)NS(=O)(=O)c1ccc(Cl)cc1. The summed E-state index contributed by atoms with van der Waals surface area (Å²) in [5.74, 6) is -0.336. The van der Waals surface area contributed by atoms with Crippen LogP contribution in [0, 0.1) is 0 Å². The number of benzene rings is 2. The van der Waals surface area contributed by atoms with Crippen LogP contribution in [0.2, 0.25) is 5.02 Å². The highest BCUT2D eigenvalue weighted by Crippen LogP contribution is 2.15. The van der Waals surface area contributed by atoms with Gasteiger partial charge < -0.3 is 5.32 Å². The lowest BCUT2D eigenvalue weighted by Gasteiger charge is -2.21. The van der Waals surface area contributed by atoms with Crippen LogP contribution in [0.3, 0.4) is 0 Å². The van der Waals surface area contributed by atoms with Gasteiger partial charge in [0.25, 0.3) is 0 Å². The van der Waals surface area contributed by atoms with Crippen molar-refractivity contribution in [3.05, 3.63) is 65.2 Å². The van der Waals surface area contributed by atoms with E-state index in [1.165, 1.54) is 24.3 Å². The fraction of sp³-hybridized carbons (Fsp3) is 0.350. The van der Waals surface area contributed by atoms with E-state index in [1.54, 1.807) is 0 Å². The van der Waals surface area contributed by atoms with Crippen LogP contribution in [0.1, 0.15) is 32.3 Å². The smallest absolute Gasteiger partial charge is 0.241 e. The number of carbonyl (C=O) groups is 1. The predicted octanol–water partition coefficient (Wildman–Crippen LogP) is 3.53. The Morgan fingerprint density at radius 2 is 1.70 bits per heavy atom. The van der Waals surface area contributed by atoms with Crippen LogP contribution in [0.25, 0.3) is 0 Å². The molecule has 27 heavy (non-hydrogen) atoms. The van der Waals surface area contributed by atoms with E-state index in [4.69, 9.17) is 11.6 Å². The lowest BCUT2D eigenvalue weighted by atomic mass is 10.1. The number of nitrogens with one attached hydrogen (secondary N) is 2. The van der Waals surface area contributed by atoms with E-state index in [1.807, 2.05) is 44.2 Å². The standard InChI is InChI=1S/C20H25ClN2O3S/c1-3-7-15(2)22-20(24)19(14-16-8-5-4-6-9-16)23-27(25,26)18-12-10-17(21)11-13-18/h4-6,8-13,15,19,23H,3,7,14H2,1-2H3,(H,22,24). The molecule has 0 bridgehead atoms. The Bertz CT molecular complexity index is 839. The average molecular weight is 409 g/mol. The quantitative estimate of drug-likeness (QED) is 0.666. The molecule has 2 aromatic carbocycles. The van der Waals surface area contributed by atoms with Crippen LogP contribution < -0.4 is 10.0 Å². The number of amides is 1. The summed E-state index contributed by atoms with van der Waals surface area (Å²) in [5.41, 5.74) is 0.875. The van der Waals surface area contributed by atoms with Crippen LogP contribution in [-0.2, 0) is 21.2 Å². The molecule has 0 saturated heterocycles. The Morgan fingerprint density at radius 1 is 1.07 bits per heavy atom. The van der Waals surface area contributed by atoms with E-state index >= 15 is 0 Å². The fourth-order valence-electron chi connectivity index (χ4n) is 2.76. The average Bonchev–Trinajstić information content (AvgIpc) is 2.62. The molecule has 0 saturated carbocycles. The minimum atomic E-state index is -3.86. The van der Waals surface area contributed by atoms with Crippen LogP contribution in [0.15, 0.2) is 59.5 Å². The second-order valence-corrected chi connectivity index (χ2v) is 8.67. The lowest BCUT2D eigenvalue weighted by molar-refractivity contribution is -0.123. The summed E-state index contributed by atoms with van der Waals surface area (Å²) in [7, 11) is -3.86. The van der Waals surface area contributed by atoms with Gasteiger partial charge in [-0.3, -0.25) is 4.79 Å². The summed E-state index contributed by atoms with van der Waals surface area (Å²) < 4.78 is 28.0. The third-order valence-electron chi connectivity index (χ3n) is 4.13. The molecular weight excluding hydrogens is 384 g/mol. The maximum atomic E-state index is 12.7. The molecule has 2 rings (SSSR count). The number of hydrogen-bond donors (Lipinski definition) is 2. The third kappa shape index (κ3) is 6.65. The van der Waals surface area contributed by atoms with Gasteiger partial charge in [0, 0.05) is 11.1 Å². The molecule has 1 amide bonds. The molecule has 0 spiro atoms. The Morgan fingerprint density at radius 3 is 2.30 bits per heavy atom. The van der Waals surface area contributed by atoms with E-state index in [-0.39, 0.29) is 23.3 Å². The van der Waals surface area contributed by atoms with Gasteiger partial charge in [-0.25, -0.2) is 8.42 Å². The second kappa shape index (κ2) is 9.88. The van der Waals surface area contributed by atoms with Crippen LogP contribution in [0.5, 0.6) is 0 Å². The van der Waals surface area contributed by atoms with E-state index in [0.717, 1.165) is 18.4 Å². The van der Waals surface area contributed by atoms with Gasteiger partial charge in [0.05, 0.1) is 4.90 Å². The summed E-state index contributed by atoms with van der Waals surface area (Å²) in [6.07, 6.45) is 2.02. The van der Waals surface area contributed by atoms with Crippen molar-refractivity contribution in [3.8, 4) is 0 Å².